The molecule has 0 aromatic rings. The molecule has 0 radical (unpaired) electrons. The Hall–Kier alpha value is -1.29. The fourth-order valence-electron chi connectivity index (χ4n) is 7.40. The summed E-state index contributed by atoms with van der Waals surface area (Å²) in [7, 11) is 0. The fraction of sp³-hybridized carbons (Fsp3) is 0.739. The summed E-state index contributed by atoms with van der Waals surface area (Å²) in [6.07, 6.45) is 7.88. The van der Waals surface area contributed by atoms with E-state index in [-0.39, 0.29) is 41.2 Å². The van der Waals surface area contributed by atoms with Crippen LogP contribution in [0.4, 0.5) is 4.39 Å². The van der Waals surface area contributed by atoms with E-state index >= 15 is 4.39 Å². The van der Waals surface area contributed by atoms with E-state index < -0.39 is 23.1 Å². The van der Waals surface area contributed by atoms with Crippen LogP contribution in [0.15, 0.2) is 23.8 Å². The molecule has 0 heterocycles. The van der Waals surface area contributed by atoms with E-state index in [9.17, 15) is 14.7 Å². The van der Waals surface area contributed by atoms with Gasteiger partial charge in [0.15, 0.2) is 11.6 Å². The van der Waals surface area contributed by atoms with Crippen LogP contribution in [0.25, 0.3) is 0 Å². The smallest absolute Gasteiger partial charge is 0.162 e. The molecule has 27 heavy (non-hydrogen) atoms. The zero-order valence-corrected chi connectivity index (χ0v) is 16.8. The highest BCUT2D eigenvalue weighted by Crippen LogP contribution is 2.68. The van der Waals surface area contributed by atoms with Gasteiger partial charge < -0.3 is 5.11 Å². The van der Waals surface area contributed by atoms with Crippen molar-refractivity contribution < 1.29 is 19.1 Å². The third-order valence-electron chi connectivity index (χ3n) is 8.69. The second kappa shape index (κ2) is 5.85. The number of Topliss-reactive ketones (excluding diaryl/α,β-unsaturated/α-hetero) is 1. The predicted molar refractivity (Wildman–Crippen MR) is 102 cm³/mol. The second-order valence-corrected chi connectivity index (χ2v) is 10.0. The molecule has 148 valence electrons. The number of carbonyl (C=O) groups is 2. The van der Waals surface area contributed by atoms with Crippen molar-refractivity contribution >= 4 is 11.6 Å². The minimum atomic E-state index is -1.48. The summed E-state index contributed by atoms with van der Waals surface area (Å²) in [4.78, 5) is 24.5. The lowest BCUT2D eigenvalue weighted by molar-refractivity contribution is -0.132. The van der Waals surface area contributed by atoms with Gasteiger partial charge in [-0.2, -0.15) is 0 Å². The van der Waals surface area contributed by atoms with Crippen molar-refractivity contribution in [3.05, 3.63) is 23.8 Å². The number of fused-ring (bicyclic) bond motifs is 5. The largest absolute Gasteiger partial charge is 0.389 e. The summed E-state index contributed by atoms with van der Waals surface area (Å²) >= 11 is 0. The lowest BCUT2D eigenvalue weighted by Crippen LogP contribution is -2.60. The van der Waals surface area contributed by atoms with Crippen molar-refractivity contribution in [2.24, 2.45) is 40.4 Å². The average Bonchev–Trinajstić information content (AvgIpc) is 2.89. The van der Waals surface area contributed by atoms with Gasteiger partial charge in [0.05, 0.1) is 0 Å². The first-order valence-corrected chi connectivity index (χ1v) is 10.4. The van der Waals surface area contributed by atoms with Gasteiger partial charge in [0.25, 0.3) is 0 Å². The van der Waals surface area contributed by atoms with Crippen molar-refractivity contribution in [1.82, 2.24) is 0 Å². The Morgan fingerprint density at radius 3 is 2.59 bits per heavy atom. The minimum Gasteiger partial charge on any atom is -0.389 e. The second-order valence-electron chi connectivity index (χ2n) is 10.0. The number of halogens is 1. The van der Waals surface area contributed by atoms with Crippen LogP contribution < -0.4 is 0 Å². The van der Waals surface area contributed by atoms with Crippen molar-refractivity contribution in [2.45, 2.75) is 59.0 Å². The Morgan fingerprint density at radius 2 is 1.93 bits per heavy atom. The highest BCUT2D eigenvalue weighted by atomic mass is 19.1. The summed E-state index contributed by atoms with van der Waals surface area (Å²) in [5.41, 5.74) is -1.56. The van der Waals surface area contributed by atoms with E-state index in [0.717, 1.165) is 12.0 Å². The summed E-state index contributed by atoms with van der Waals surface area (Å²) in [6.45, 7) is 7.81. The topological polar surface area (TPSA) is 54.4 Å². The molecule has 2 saturated carbocycles. The zero-order valence-electron chi connectivity index (χ0n) is 16.8. The van der Waals surface area contributed by atoms with Gasteiger partial charge >= 0.3 is 0 Å². The number of hydrogen-bond acceptors (Lipinski definition) is 3. The SMILES string of the molecule is C[C@@H]1C[C@H]2[C@@H]3C[C@H](C)C4=CC(=O)CC[C@]4(C)[C@@]3(F)C=C[C@]2(C)[C@H]1C(=O)CO. The first-order chi connectivity index (χ1) is 12.6. The molecular weight excluding hydrogens is 343 g/mol. The van der Waals surface area contributed by atoms with Gasteiger partial charge in [0.2, 0.25) is 0 Å². The van der Waals surface area contributed by atoms with Crippen LogP contribution >= 0.6 is 0 Å². The molecule has 0 aromatic carbocycles. The summed E-state index contributed by atoms with van der Waals surface area (Å²) in [5, 5.41) is 9.48. The molecule has 0 saturated heterocycles. The standard InChI is InChI=1S/C23H31FO3/c1-13-9-18-17-10-14(2)20(19(27)12-25)21(17,3)7-8-23(18,24)22(4)6-5-15(26)11-16(13)22/h7-8,11,13-14,17-18,20,25H,5-6,9-10,12H2,1-4H3/t13-,14+,17-,18-,20+,21-,22-,23+/m0/s1. The maximum Gasteiger partial charge on any atom is 0.162 e. The van der Waals surface area contributed by atoms with Gasteiger partial charge in [-0.15, -0.1) is 0 Å². The molecule has 4 rings (SSSR count). The number of aliphatic hydroxyl groups excluding tert-OH is 1. The van der Waals surface area contributed by atoms with Crippen molar-refractivity contribution in [1.29, 1.82) is 0 Å². The monoisotopic (exact) mass is 374 g/mol. The van der Waals surface area contributed by atoms with Gasteiger partial charge in [-0.3, -0.25) is 9.59 Å². The number of ketones is 2. The Morgan fingerprint density at radius 1 is 1.22 bits per heavy atom. The first-order valence-electron chi connectivity index (χ1n) is 10.4. The molecule has 0 amide bonds. The van der Waals surface area contributed by atoms with Crippen LogP contribution in [-0.2, 0) is 9.59 Å². The number of alkyl halides is 1. The molecule has 1 N–H and O–H groups in total. The lowest BCUT2D eigenvalue weighted by atomic mass is 9.46. The minimum absolute atomic E-state index is 0.0847. The average molecular weight is 374 g/mol. The molecule has 0 bridgehead atoms. The van der Waals surface area contributed by atoms with Crippen molar-refractivity contribution in [2.75, 3.05) is 6.61 Å². The van der Waals surface area contributed by atoms with E-state index in [4.69, 9.17) is 0 Å². The molecular formula is C23H31FO3. The molecule has 0 aromatic heterocycles. The van der Waals surface area contributed by atoms with Gasteiger partial charge in [-0.25, -0.2) is 4.39 Å². The molecule has 2 fully saturated rings. The van der Waals surface area contributed by atoms with Crippen LogP contribution in [-0.4, -0.2) is 28.9 Å². The highest BCUT2D eigenvalue weighted by Gasteiger charge is 2.67. The van der Waals surface area contributed by atoms with Gasteiger partial charge in [0.1, 0.15) is 12.3 Å². The molecule has 4 aliphatic carbocycles. The van der Waals surface area contributed by atoms with Crippen LogP contribution in [0.3, 0.4) is 0 Å². The molecule has 0 unspecified atom stereocenters. The van der Waals surface area contributed by atoms with Crippen LogP contribution in [0.5, 0.6) is 0 Å². The number of aliphatic hydroxyl groups is 1. The number of allylic oxidation sites excluding steroid dienone is 4. The summed E-state index contributed by atoms with van der Waals surface area (Å²) in [5.74, 6) is -0.0162. The quantitative estimate of drug-likeness (QED) is 0.742. The zero-order chi connectivity index (χ0) is 19.8. The van der Waals surface area contributed by atoms with Crippen LogP contribution in [0.2, 0.25) is 0 Å². The maximum atomic E-state index is 16.8. The van der Waals surface area contributed by atoms with Gasteiger partial charge in [-0.05, 0) is 54.6 Å². The van der Waals surface area contributed by atoms with Crippen molar-refractivity contribution in [3.63, 3.8) is 0 Å². The fourth-order valence-corrected chi connectivity index (χ4v) is 7.40. The number of carbonyl (C=O) groups excluding carboxylic acids is 2. The molecule has 4 heteroatoms. The highest BCUT2D eigenvalue weighted by molar-refractivity contribution is 5.92. The van der Waals surface area contributed by atoms with Crippen LogP contribution in [0.1, 0.15) is 53.4 Å². The molecule has 8 atom stereocenters. The third kappa shape index (κ3) is 2.28. The third-order valence-corrected chi connectivity index (χ3v) is 8.69. The molecule has 0 aliphatic heterocycles. The predicted octanol–water partition coefficient (Wildman–Crippen LogP) is 4.06. The normalized spacial score (nSPS) is 51.3. The van der Waals surface area contributed by atoms with Gasteiger partial charge in [-0.1, -0.05) is 39.3 Å². The number of rotatable bonds is 2. The van der Waals surface area contributed by atoms with E-state index in [1.54, 1.807) is 12.2 Å². The summed E-state index contributed by atoms with van der Waals surface area (Å²) in [6, 6.07) is 0. The van der Waals surface area contributed by atoms with E-state index in [1.165, 1.54) is 0 Å². The van der Waals surface area contributed by atoms with Gasteiger partial charge in [0, 0.05) is 23.7 Å². The Labute approximate surface area is 161 Å². The Bertz CT molecular complexity index is 755. The van der Waals surface area contributed by atoms with E-state index in [1.807, 2.05) is 13.0 Å². The van der Waals surface area contributed by atoms with Crippen LogP contribution in [0, 0.1) is 40.4 Å². The molecule has 0 spiro atoms. The summed E-state index contributed by atoms with van der Waals surface area (Å²) < 4.78 is 16.8. The van der Waals surface area contributed by atoms with E-state index in [2.05, 4.69) is 20.8 Å². The number of hydrogen-bond donors (Lipinski definition) is 1. The van der Waals surface area contributed by atoms with Crippen molar-refractivity contribution in [3.8, 4) is 0 Å². The maximum absolute atomic E-state index is 16.8. The van der Waals surface area contributed by atoms with E-state index in [0.29, 0.717) is 19.3 Å². The first kappa shape index (κ1) is 19.0. The lowest BCUT2D eigenvalue weighted by Gasteiger charge is -2.60. The Kier molecular flexibility index (Phi) is 4.13. The molecule has 3 nitrogen and oxygen atoms in total. The Balaban J connectivity index is 1.83. The molecule has 4 aliphatic rings.